The lowest BCUT2D eigenvalue weighted by Crippen LogP contribution is -2.41. The third-order valence-corrected chi connectivity index (χ3v) is 8.34. The van der Waals surface area contributed by atoms with Crippen molar-refractivity contribution < 1.29 is 23.1 Å². The normalized spacial score (nSPS) is 17.4. The number of rotatable bonds is 9. The number of carbonyl (C=O) groups is 2. The summed E-state index contributed by atoms with van der Waals surface area (Å²) in [4.78, 5) is 33.7. The highest BCUT2D eigenvalue weighted by molar-refractivity contribution is 7.90. The van der Waals surface area contributed by atoms with Gasteiger partial charge in [-0.25, -0.2) is 19.5 Å². The summed E-state index contributed by atoms with van der Waals surface area (Å²) in [6.45, 7) is 4.34. The molecule has 3 N–H and O–H groups in total. The van der Waals surface area contributed by atoms with E-state index in [4.69, 9.17) is 11.6 Å². The molecular weight excluding hydrogens is 542 g/mol. The van der Waals surface area contributed by atoms with Crippen LogP contribution in [-0.2, 0) is 10.0 Å². The van der Waals surface area contributed by atoms with Crippen molar-refractivity contribution in [3.63, 3.8) is 0 Å². The molecule has 1 fully saturated rings. The molecule has 2 amide bonds. The van der Waals surface area contributed by atoms with Gasteiger partial charge in [-0.1, -0.05) is 48.0 Å². The third kappa shape index (κ3) is 6.85. The van der Waals surface area contributed by atoms with Crippen LogP contribution in [0.25, 0.3) is 0 Å². The van der Waals surface area contributed by atoms with Crippen LogP contribution in [-0.4, -0.2) is 52.5 Å². The van der Waals surface area contributed by atoms with Crippen molar-refractivity contribution in [1.29, 1.82) is 0 Å². The van der Waals surface area contributed by atoms with Crippen LogP contribution in [0.15, 0.2) is 71.9 Å². The van der Waals surface area contributed by atoms with E-state index >= 15 is 0 Å². The Kier molecular flexibility index (Phi) is 8.41. The van der Waals surface area contributed by atoms with Gasteiger partial charge in [-0.05, 0) is 68.9 Å². The highest BCUT2D eigenvalue weighted by atomic mass is 35.5. The number of carboxylic acid groups (broad SMARTS) is 1. The van der Waals surface area contributed by atoms with Gasteiger partial charge in [0.05, 0.1) is 11.6 Å². The maximum Gasteiger partial charge on any atom is 0.407 e. The van der Waals surface area contributed by atoms with Gasteiger partial charge in [0, 0.05) is 18.3 Å². The van der Waals surface area contributed by atoms with Crippen molar-refractivity contribution in [3.05, 3.63) is 83.1 Å². The van der Waals surface area contributed by atoms with Crippen molar-refractivity contribution in [2.75, 3.05) is 11.9 Å². The number of anilines is 1. The number of amides is 2. The second-order valence-electron chi connectivity index (χ2n) is 10.1. The standard InChI is InChI=1S/C27H30ClN5O5S/c1-27(2)16-18(17-33(27)26(35)36)13-14-21(19-8-4-3-5-9-19)30-22-11-6-12-23(31-22)39(37,38)32-25(34)20-10-7-15-29-24(20)28/h3-12,15,18,21H,13-14,16-17H2,1-2H3,(H,30,31)(H,32,34)(H,35,36)/t18-,21?/m0/s1. The smallest absolute Gasteiger partial charge is 0.407 e. The third-order valence-electron chi connectivity index (χ3n) is 6.81. The predicted octanol–water partition coefficient (Wildman–Crippen LogP) is 4.96. The Morgan fingerprint density at radius 3 is 2.54 bits per heavy atom. The van der Waals surface area contributed by atoms with Gasteiger partial charge in [-0.3, -0.25) is 4.79 Å². The van der Waals surface area contributed by atoms with Gasteiger partial charge in [-0.15, -0.1) is 0 Å². The molecular formula is C27H30ClN5O5S. The van der Waals surface area contributed by atoms with Crippen LogP contribution in [0.3, 0.4) is 0 Å². The van der Waals surface area contributed by atoms with Crippen molar-refractivity contribution in [2.45, 2.75) is 49.7 Å². The fourth-order valence-corrected chi connectivity index (χ4v) is 6.07. The fourth-order valence-electron chi connectivity index (χ4n) is 4.93. The number of aromatic nitrogens is 2. The summed E-state index contributed by atoms with van der Waals surface area (Å²) in [5.41, 5.74) is 0.484. The van der Waals surface area contributed by atoms with Crippen molar-refractivity contribution >= 4 is 39.4 Å². The topological polar surface area (TPSA) is 142 Å². The lowest BCUT2D eigenvalue weighted by molar-refractivity contribution is 0.0980. The first-order chi connectivity index (χ1) is 18.5. The minimum atomic E-state index is -4.30. The molecule has 10 nitrogen and oxygen atoms in total. The average molecular weight is 572 g/mol. The summed E-state index contributed by atoms with van der Waals surface area (Å²) in [6.07, 6.45) is 2.67. The zero-order chi connectivity index (χ0) is 28.2. The van der Waals surface area contributed by atoms with Crippen LogP contribution in [0.1, 0.15) is 55.1 Å². The highest BCUT2D eigenvalue weighted by Gasteiger charge is 2.41. The molecule has 1 aromatic carbocycles. The lowest BCUT2D eigenvalue weighted by atomic mass is 9.90. The van der Waals surface area contributed by atoms with E-state index < -0.39 is 27.6 Å². The molecule has 1 unspecified atom stereocenters. The van der Waals surface area contributed by atoms with Gasteiger partial charge in [0.1, 0.15) is 11.0 Å². The van der Waals surface area contributed by atoms with E-state index in [1.165, 1.54) is 35.4 Å². The highest BCUT2D eigenvalue weighted by Crippen LogP contribution is 2.37. The van der Waals surface area contributed by atoms with E-state index in [2.05, 4.69) is 15.3 Å². The van der Waals surface area contributed by atoms with Crippen LogP contribution in [0, 0.1) is 5.92 Å². The predicted molar refractivity (Wildman–Crippen MR) is 147 cm³/mol. The molecule has 1 aliphatic rings. The van der Waals surface area contributed by atoms with Gasteiger partial charge < -0.3 is 15.3 Å². The summed E-state index contributed by atoms with van der Waals surface area (Å²) >= 11 is 5.93. The summed E-state index contributed by atoms with van der Waals surface area (Å²) in [5, 5.41) is 12.4. The van der Waals surface area contributed by atoms with Crippen LogP contribution in [0.2, 0.25) is 5.15 Å². The SMILES string of the molecule is CC1(C)C[C@H](CCC(Nc2cccc(S(=O)(=O)NC(=O)c3cccnc3Cl)n2)c2ccccc2)CN1C(=O)O. The molecule has 0 spiro atoms. The van der Waals surface area contributed by atoms with E-state index in [1.807, 2.05) is 48.9 Å². The number of hydrogen-bond donors (Lipinski definition) is 3. The summed E-state index contributed by atoms with van der Waals surface area (Å²) in [7, 11) is -4.30. The number of hydrogen-bond acceptors (Lipinski definition) is 7. The maximum absolute atomic E-state index is 12.9. The molecule has 0 bridgehead atoms. The van der Waals surface area contributed by atoms with Crippen molar-refractivity contribution in [2.24, 2.45) is 5.92 Å². The van der Waals surface area contributed by atoms with E-state index in [1.54, 1.807) is 6.07 Å². The van der Waals surface area contributed by atoms with Crippen molar-refractivity contribution in [1.82, 2.24) is 19.6 Å². The Morgan fingerprint density at radius 2 is 1.87 bits per heavy atom. The number of pyridine rings is 2. The molecule has 3 aromatic rings. The molecule has 4 rings (SSSR count). The van der Waals surface area contributed by atoms with Crippen LogP contribution in [0.5, 0.6) is 0 Å². The van der Waals surface area contributed by atoms with Crippen LogP contribution >= 0.6 is 11.6 Å². The van der Waals surface area contributed by atoms with Gasteiger partial charge in [0.25, 0.3) is 15.9 Å². The molecule has 1 saturated heterocycles. The zero-order valence-electron chi connectivity index (χ0n) is 21.5. The van der Waals surface area contributed by atoms with Gasteiger partial charge in [0.15, 0.2) is 5.03 Å². The molecule has 206 valence electrons. The molecule has 39 heavy (non-hydrogen) atoms. The Morgan fingerprint density at radius 1 is 1.13 bits per heavy atom. The Labute approximate surface area is 232 Å². The molecule has 0 saturated carbocycles. The Bertz CT molecular complexity index is 1450. The molecule has 0 radical (unpaired) electrons. The number of benzene rings is 1. The monoisotopic (exact) mass is 571 g/mol. The average Bonchev–Trinajstić information content (AvgIpc) is 3.21. The number of halogens is 1. The molecule has 1 aliphatic heterocycles. The number of carbonyl (C=O) groups excluding carboxylic acids is 1. The summed E-state index contributed by atoms with van der Waals surface area (Å²) < 4.78 is 27.9. The van der Waals surface area contributed by atoms with Crippen LogP contribution in [0.4, 0.5) is 10.6 Å². The van der Waals surface area contributed by atoms with Crippen LogP contribution < -0.4 is 10.0 Å². The quantitative estimate of drug-likeness (QED) is 0.306. The lowest BCUT2D eigenvalue weighted by Gasteiger charge is -2.28. The Balaban J connectivity index is 1.50. The van der Waals surface area contributed by atoms with Gasteiger partial charge in [-0.2, -0.15) is 8.42 Å². The molecule has 0 aliphatic carbocycles. The first kappa shape index (κ1) is 28.3. The summed E-state index contributed by atoms with van der Waals surface area (Å²) in [5.74, 6) is -0.402. The van der Waals surface area contributed by atoms with Gasteiger partial charge >= 0.3 is 6.09 Å². The first-order valence-electron chi connectivity index (χ1n) is 12.4. The second kappa shape index (κ2) is 11.6. The fraction of sp³-hybridized carbons (Fsp3) is 0.333. The number of nitrogens with zero attached hydrogens (tertiary/aromatic N) is 3. The van der Waals surface area contributed by atoms with E-state index in [0.717, 1.165) is 18.4 Å². The minimum absolute atomic E-state index is 0.0716. The Hall–Kier alpha value is -3.70. The second-order valence-corrected chi connectivity index (χ2v) is 12.1. The molecule has 2 aromatic heterocycles. The van der Waals surface area contributed by atoms with E-state index in [0.29, 0.717) is 18.8 Å². The zero-order valence-corrected chi connectivity index (χ0v) is 23.1. The molecule has 12 heteroatoms. The van der Waals surface area contributed by atoms with Gasteiger partial charge in [0.2, 0.25) is 0 Å². The number of likely N-dealkylation sites (tertiary alicyclic amines) is 1. The first-order valence-corrected chi connectivity index (χ1v) is 14.3. The molecule has 2 atom stereocenters. The maximum atomic E-state index is 12.9. The van der Waals surface area contributed by atoms with Crippen molar-refractivity contribution in [3.8, 4) is 0 Å². The largest absolute Gasteiger partial charge is 0.465 e. The number of sulfonamides is 1. The van der Waals surface area contributed by atoms with E-state index in [-0.39, 0.29) is 27.7 Å². The minimum Gasteiger partial charge on any atom is -0.465 e. The molecule has 3 heterocycles. The number of nitrogens with one attached hydrogen (secondary N) is 2. The summed E-state index contributed by atoms with van der Waals surface area (Å²) in [6, 6.07) is 16.8. The van der Waals surface area contributed by atoms with E-state index in [9.17, 15) is 23.1 Å².